The van der Waals surface area contributed by atoms with E-state index in [1.807, 2.05) is 48.5 Å². The molecule has 0 aromatic heterocycles. The Morgan fingerprint density at radius 2 is 1.30 bits per heavy atom. The number of rotatable bonds is 11. The predicted octanol–water partition coefficient (Wildman–Crippen LogP) is 8.23. The Hall–Kier alpha value is -5.31. The number of halogens is 1. The van der Waals surface area contributed by atoms with E-state index in [9.17, 15) is 14.4 Å². The van der Waals surface area contributed by atoms with Gasteiger partial charge in [0.25, 0.3) is 11.8 Å². The zero-order valence-corrected chi connectivity index (χ0v) is 26.3. The molecule has 0 spiro atoms. The summed E-state index contributed by atoms with van der Waals surface area (Å²) in [6.07, 6.45) is 1.60. The Labute approximate surface area is 276 Å². The summed E-state index contributed by atoms with van der Waals surface area (Å²) >= 11 is 7.39. The molecule has 3 N–H and O–H groups in total. The largest absolute Gasteiger partial charge is 0.497 e. The molecule has 0 fully saturated rings. The van der Waals surface area contributed by atoms with Crippen LogP contribution in [0.1, 0.15) is 26.7 Å². The lowest BCUT2D eigenvalue weighted by Gasteiger charge is -2.17. The Bertz CT molecular complexity index is 1810. The molecule has 0 saturated heterocycles. The fourth-order valence-electron chi connectivity index (χ4n) is 4.40. The van der Waals surface area contributed by atoms with Gasteiger partial charge in [0.1, 0.15) is 16.7 Å². The number of anilines is 2. The third-order valence-electron chi connectivity index (χ3n) is 6.77. The Kier molecular flexibility index (Phi) is 10.9. The van der Waals surface area contributed by atoms with Crippen LogP contribution in [0.15, 0.2) is 144 Å². The third kappa shape index (κ3) is 8.88. The van der Waals surface area contributed by atoms with Crippen molar-refractivity contribution in [2.75, 3.05) is 17.7 Å². The van der Waals surface area contributed by atoms with Gasteiger partial charge in [0.2, 0.25) is 5.91 Å². The summed E-state index contributed by atoms with van der Waals surface area (Å²) in [6, 6.07) is 39.4. The van der Waals surface area contributed by atoms with Crippen molar-refractivity contribution in [2.24, 2.45) is 0 Å². The molecule has 0 aliphatic rings. The van der Waals surface area contributed by atoms with Crippen LogP contribution in [-0.4, -0.2) is 24.8 Å². The van der Waals surface area contributed by atoms with E-state index in [2.05, 4.69) is 16.0 Å². The molecule has 0 bridgehead atoms. The molecule has 0 aliphatic heterocycles. The van der Waals surface area contributed by atoms with Gasteiger partial charge < -0.3 is 20.7 Å². The number of carbonyl (C=O) groups is 3. The SMILES string of the molecule is COc1ccc(/C=C(\NC(=O)c2ccccc2)C(=O)Nc2ccc(SC(C(=O)Nc3ccc(Cl)cc3)c3ccccc3)cc2)cc1. The first-order valence-corrected chi connectivity index (χ1v) is 15.6. The van der Waals surface area contributed by atoms with E-state index in [4.69, 9.17) is 16.3 Å². The molecule has 5 aromatic carbocycles. The molecule has 9 heteroatoms. The summed E-state index contributed by atoms with van der Waals surface area (Å²) in [6.45, 7) is 0. The van der Waals surface area contributed by atoms with Gasteiger partial charge in [0, 0.05) is 26.9 Å². The second kappa shape index (κ2) is 15.6. The maximum Gasteiger partial charge on any atom is 0.272 e. The standard InChI is InChI=1S/C37H30ClN3O4S/c1-45-31-20-12-25(13-21-31)24-33(41-35(42)27-10-6-3-7-11-27)36(43)39-30-18-22-32(23-19-30)46-34(26-8-4-2-5-9-26)37(44)40-29-16-14-28(38)15-17-29/h2-24,34H,1H3,(H,39,43)(H,40,44)(H,41,42)/b33-24-. The van der Waals surface area contributed by atoms with Crippen LogP contribution in [0.4, 0.5) is 11.4 Å². The van der Waals surface area contributed by atoms with Crippen molar-refractivity contribution in [1.29, 1.82) is 0 Å². The van der Waals surface area contributed by atoms with Crippen LogP contribution in [-0.2, 0) is 9.59 Å². The van der Waals surface area contributed by atoms with E-state index in [0.717, 1.165) is 10.5 Å². The lowest BCUT2D eigenvalue weighted by Crippen LogP contribution is -2.30. The highest BCUT2D eigenvalue weighted by Gasteiger charge is 2.22. The maximum absolute atomic E-state index is 13.5. The van der Waals surface area contributed by atoms with Crippen molar-refractivity contribution < 1.29 is 19.1 Å². The maximum atomic E-state index is 13.5. The number of carbonyl (C=O) groups excluding carboxylic acids is 3. The van der Waals surface area contributed by atoms with Gasteiger partial charge in [-0.3, -0.25) is 14.4 Å². The molecule has 0 saturated carbocycles. The van der Waals surface area contributed by atoms with Crippen molar-refractivity contribution in [3.8, 4) is 5.75 Å². The van der Waals surface area contributed by atoms with E-state index in [1.54, 1.807) is 98.1 Å². The molecule has 1 atom stereocenters. The number of hydrogen-bond donors (Lipinski definition) is 3. The minimum atomic E-state index is -0.537. The van der Waals surface area contributed by atoms with Crippen LogP contribution >= 0.6 is 23.4 Å². The number of ether oxygens (including phenoxy) is 1. The second-order valence-electron chi connectivity index (χ2n) is 10.0. The number of hydrogen-bond acceptors (Lipinski definition) is 5. The summed E-state index contributed by atoms with van der Waals surface area (Å²) in [7, 11) is 1.57. The van der Waals surface area contributed by atoms with Gasteiger partial charge in [-0.2, -0.15) is 0 Å². The summed E-state index contributed by atoms with van der Waals surface area (Å²) in [5, 5.41) is 8.63. The fraction of sp³-hybridized carbons (Fsp3) is 0.0541. The zero-order valence-electron chi connectivity index (χ0n) is 24.8. The fourth-order valence-corrected chi connectivity index (χ4v) is 5.55. The van der Waals surface area contributed by atoms with E-state index < -0.39 is 17.1 Å². The number of methoxy groups -OCH3 is 1. The average Bonchev–Trinajstić information content (AvgIpc) is 3.09. The quantitative estimate of drug-likeness (QED) is 0.0991. The van der Waals surface area contributed by atoms with Crippen molar-refractivity contribution in [1.82, 2.24) is 5.32 Å². The monoisotopic (exact) mass is 647 g/mol. The first-order chi connectivity index (χ1) is 22.4. The first-order valence-electron chi connectivity index (χ1n) is 14.3. The molecule has 3 amide bonds. The Morgan fingerprint density at radius 1 is 0.717 bits per heavy atom. The molecular formula is C37H30ClN3O4S. The topological polar surface area (TPSA) is 96.5 Å². The Balaban J connectivity index is 1.32. The van der Waals surface area contributed by atoms with Crippen LogP contribution in [0.25, 0.3) is 6.08 Å². The van der Waals surface area contributed by atoms with E-state index in [0.29, 0.717) is 33.3 Å². The van der Waals surface area contributed by atoms with Crippen molar-refractivity contribution in [3.05, 3.63) is 161 Å². The summed E-state index contributed by atoms with van der Waals surface area (Å²) in [5.74, 6) is -0.416. The lowest BCUT2D eigenvalue weighted by atomic mass is 10.1. The van der Waals surface area contributed by atoms with Gasteiger partial charge in [0.05, 0.1) is 7.11 Å². The number of benzene rings is 5. The highest BCUT2D eigenvalue weighted by Crippen LogP contribution is 2.37. The van der Waals surface area contributed by atoms with Crippen LogP contribution in [0.2, 0.25) is 5.02 Å². The molecule has 0 radical (unpaired) electrons. The average molecular weight is 648 g/mol. The molecule has 7 nitrogen and oxygen atoms in total. The highest BCUT2D eigenvalue weighted by atomic mass is 35.5. The Morgan fingerprint density at radius 3 is 1.93 bits per heavy atom. The zero-order chi connectivity index (χ0) is 32.3. The molecule has 5 rings (SSSR count). The molecule has 0 heterocycles. The van der Waals surface area contributed by atoms with Gasteiger partial charge in [-0.15, -0.1) is 11.8 Å². The van der Waals surface area contributed by atoms with Crippen LogP contribution in [0.5, 0.6) is 5.75 Å². The molecule has 0 aliphatic carbocycles. The van der Waals surface area contributed by atoms with Crippen LogP contribution in [0.3, 0.4) is 0 Å². The molecule has 5 aromatic rings. The van der Waals surface area contributed by atoms with Crippen molar-refractivity contribution >= 4 is 58.5 Å². The normalized spacial score (nSPS) is 11.7. The highest BCUT2D eigenvalue weighted by molar-refractivity contribution is 8.00. The van der Waals surface area contributed by atoms with Crippen molar-refractivity contribution in [2.45, 2.75) is 10.1 Å². The second-order valence-corrected chi connectivity index (χ2v) is 11.6. The minimum Gasteiger partial charge on any atom is -0.497 e. The van der Waals surface area contributed by atoms with Crippen molar-refractivity contribution in [3.63, 3.8) is 0 Å². The van der Waals surface area contributed by atoms with E-state index >= 15 is 0 Å². The van der Waals surface area contributed by atoms with E-state index in [1.165, 1.54) is 11.8 Å². The van der Waals surface area contributed by atoms with Gasteiger partial charge in [0.15, 0.2) is 0 Å². The first kappa shape index (κ1) is 32.1. The molecular weight excluding hydrogens is 618 g/mol. The van der Waals surface area contributed by atoms with E-state index in [-0.39, 0.29) is 11.6 Å². The number of nitrogens with one attached hydrogen (secondary N) is 3. The summed E-state index contributed by atoms with van der Waals surface area (Å²) in [5.41, 5.74) is 3.21. The smallest absolute Gasteiger partial charge is 0.272 e. The summed E-state index contributed by atoms with van der Waals surface area (Å²) in [4.78, 5) is 40.6. The van der Waals surface area contributed by atoms with Gasteiger partial charge in [-0.1, -0.05) is 72.3 Å². The molecule has 230 valence electrons. The minimum absolute atomic E-state index is 0.0699. The molecule has 1 unspecified atom stereocenters. The molecule has 46 heavy (non-hydrogen) atoms. The third-order valence-corrected chi connectivity index (χ3v) is 8.29. The van der Waals surface area contributed by atoms with Crippen LogP contribution in [0, 0.1) is 0 Å². The number of amides is 3. The van der Waals surface area contributed by atoms with Crippen LogP contribution < -0.4 is 20.7 Å². The lowest BCUT2D eigenvalue weighted by molar-refractivity contribution is -0.116. The number of thioether (sulfide) groups is 1. The van der Waals surface area contributed by atoms with Gasteiger partial charge >= 0.3 is 0 Å². The summed E-state index contributed by atoms with van der Waals surface area (Å²) < 4.78 is 5.23. The van der Waals surface area contributed by atoms with Gasteiger partial charge in [-0.25, -0.2) is 0 Å². The predicted molar refractivity (Wildman–Crippen MR) is 185 cm³/mol. The van der Waals surface area contributed by atoms with Gasteiger partial charge in [-0.05, 0) is 90.0 Å².